The van der Waals surface area contributed by atoms with Crippen molar-refractivity contribution in [1.82, 2.24) is 0 Å². The maximum absolute atomic E-state index is 11.6. The molecule has 0 spiro atoms. The van der Waals surface area contributed by atoms with E-state index >= 15 is 0 Å². The zero-order valence-corrected chi connectivity index (χ0v) is 11.0. The highest BCUT2D eigenvalue weighted by Crippen LogP contribution is 2.14. The number of hydrogen-bond donors (Lipinski definition) is 1. The van der Waals surface area contributed by atoms with Crippen molar-refractivity contribution in [1.29, 1.82) is 0 Å². The van der Waals surface area contributed by atoms with Crippen molar-refractivity contribution in [3.63, 3.8) is 0 Å². The molecule has 1 aromatic carbocycles. The average molecular weight is 276 g/mol. The fourth-order valence-electron chi connectivity index (χ4n) is 1.27. The zero-order valence-electron chi connectivity index (χ0n) is 9.44. The number of unbranched alkanes of at least 4 members (excludes halogenated alkanes) is 1. The highest BCUT2D eigenvalue weighted by atomic mass is 35.5. The minimum absolute atomic E-state index is 0.0720. The fraction of sp³-hybridized carbons (Fsp3) is 0.364. The maximum atomic E-state index is 11.6. The number of carbonyl (C=O) groups excluding carboxylic acids is 1. The normalized spacial score (nSPS) is 11.2. The van der Waals surface area contributed by atoms with Gasteiger partial charge in [-0.05, 0) is 36.2 Å². The number of sulfonamides is 1. The van der Waals surface area contributed by atoms with Crippen molar-refractivity contribution in [2.45, 2.75) is 19.8 Å². The average Bonchev–Trinajstić information content (AvgIpc) is 2.26. The fourth-order valence-corrected chi connectivity index (χ4v) is 2.64. The van der Waals surface area contributed by atoms with Crippen LogP contribution in [0.1, 0.15) is 30.1 Å². The summed E-state index contributed by atoms with van der Waals surface area (Å²) in [5, 5.41) is -0.611. The second-order valence-electron chi connectivity index (χ2n) is 3.63. The lowest BCUT2D eigenvalue weighted by Gasteiger charge is -2.07. The van der Waals surface area contributed by atoms with Gasteiger partial charge in [-0.1, -0.05) is 19.4 Å². The van der Waals surface area contributed by atoms with Gasteiger partial charge in [-0.2, -0.15) is 0 Å². The Kier molecular flexibility index (Phi) is 4.96. The Hall–Kier alpha value is -1.07. The Morgan fingerprint density at radius 3 is 2.71 bits per heavy atom. The molecule has 0 fully saturated rings. The molecule has 0 atom stereocenters. The van der Waals surface area contributed by atoms with Crippen LogP contribution in [-0.2, 0) is 10.0 Å². The van der Waals surface area contributed by atoms with Crippen LogP contribution < -0.4 is 4.72 Å². The molecule has 0 radical (unpaired) electrons. The van der Waals surface area contributed by atoms with Gasteiger partial charge in [-0.15, -0.1) is 0 Å². The largest absolute Gasteiger partial charge is 0.284 e. The first-order valence-corrected chi connectivity index (χ1v) is 7.28. The maximum Gasteiger partial charge on any atom is 0.252 e. The van der Waals surface area contributed by atoms with Crippen LogP contribution >= 0.6 is 11.6 Å². The molecular weight excluding hydrogens is 262 g/mol. The number of anilines is 1. The quantitative estimate of drug-likeness (QED) is 0.812. The van der Waals surface area contributed by atoms with Gasteiger partial charge in [-0.3, -0.25) is 9.52 Å². The van der Waals surface area contributed by atoms with Gasteiger partial charge in [0.1, 0.15) is 0 Å². The van der Waals surface area contributed by atoms with E-state index in [1.54, 1.807) is 12.1 Å². The van der Waals surface area contributed by atoms with E-state index < -0.39 is 15.3 Å². The molecule has 0 heterocycles. The third kappa shape index (κ3) is 4.75. The van der Waals surface area contributed by atoms with Gasteiger partial charge >= 0.3 is 0 Å². The molecule has 0 amide bonds. The zero-order chi connectivity index (χ0) is 12.9. The molecule has 0 saturated carbocycles. The van der Waals surface area contributed by atoms with Crippen molar-refractivity contribution < 1.29 is 13.2 Å². The van der Waals surface area contributed by atoms with Crippen molar-refractivity contribution in [3.05, 3.63) is 29.8 Å². The summed E-state index contributed by atoms with van der Waals surface area (Å²) in [5.41, 5.74) is 0.620. The number of benzene rings is 1. The second-order valence-corrected chi connectivity index (χ2v) is 5.81. The Labute approximate surface area is 106 Å². The summed E-state index contributed by atoms with van der Waals surface area (Å²) in [7, 11) is -3.34. The van der Waals surface area contributed by atoms with Crippen LogP contribution in [0.2, 0.25) is 0 Å². The van der Waals surface area contributed by atoms with Gasteiger partial charge < -0.3 is 0 Å². The molecule has 1 aromatic rings. The van der Waals surface area contributed by atoms with Gasteiger partial charge in [-0.25, -0.2) is 8.42 Å². The monoisotopic (exact) mass is 275 g/mol. The van der Waals surface area contributed by atoms with E-state index in [4.69, 9.17) is 11.6 Å². The number of halogens is 1. The van der Waals surface area contributed by atoms with Crippen molar-refractivity contribution in [2.24, 2.45) is 0 Å². The van der Waals surface area contributed by atoms with Gasteiger partial charge in [0.05, 0.1) is 5.75 Å². The first kappa shape index (κ1) is 14.0. The van der Waals surface area contributed by atoms with E-state index in [1.165, 1.54) is 12.1 Å². The molecule has 1 N–H and O–H groups in total. The van der Waals surface area contributed by atoms with Crippen molar-refractivity contribution in [3.8, 4) is 0 Å². The molecule has 0 unspecified atom stereocenters. The molecule has 0 aliphatic heterocycles. The van der Waals surface area contributed by atoms with E-state index in [2.05, 4.69) is 4.72 Å². The Morgan fingerprint density at radius 1 is 1.41 bits per heavy atom. The summed E-state index contributed by atoms with van der Waals surface area (Å²) >= 11 is 5.31. The van der Waals surface area contributed by atoms with E-state index in [9.17, 15) is 13.2 Å². The van der Waals surface area contributed by atoms with E-state index in [-0.39, 0.29) is 11.3 Å². The standard InChI is InChI=1S/C11H14ClNO3S/c1-2-3-7-17(15,16)13-10-6-4-5-9(8-10)11(12)14/h4-6,8,13H,2-3,7H2,1H3. The van der Waals surface area contributed by atoms with Crippen LogP contribution in [0.4, 0.5) is 5.69 Å². The van der Waals surface area contributed by atoms with Crippen LogP contribution in [0, 0.1) is 0 Å². The third-order valence-electron chi connectivity index (χ3n) is 2.13. The van der Waals surface area contributed by atoms with Crippen LogP contribution in [-0.4, -0.2) is 19.4 Å². The predicted molar refractivity (Wildman–Crippen MR) is 68.9 cm³/mol. The van der Waals surface area contributed by atoms with Crippen LogP contribution in [0.3, 0.4) is 0 Å². The smallest absolute Gasteiger partial charge is 0.252 e. The summed E-state index contributed by atoms with van der Waals surface area (Å²) in [6.45, 7) is 1.92. The summed E-state index contributed by atoms with van der Waals surface area (Å²) in [4.78, 5) is 10.9. The lowest BCUT2D eigenvalue weighted by atomic mass is 10.2. The first-order chi connectivity index (χ1) is 7.94. The third-order valence-corrected chi connectivity index (χ3v) is 3.72. The lowest BCUT2D eigenvalue weighted by Crippen LogP contribution is -2.16. The minimum Gasteiger partial charge on any atom is -0.284 e. The minimum atomic E-state index is -3.34. The van der Waals surface area contributed by atoms with E-state index in [1.807, 2.05) is 6.92 Å². The van der Waals surface area contributed by atoms with E-state index in [0.29, 0.717) is 12.1 Å². The lowest BCUT2D eigenvalue weighted by molar-refractivity contribution is 0.108. The highest BCUT2D eigenvalue weighted by molar-refractivity contribution is 7.92. The summed E-state index contributed by atoms with van der Waals surface area (Å²) in [6.07, 6.45) is 1.41. The number of hydrogen-bond acceptors (Lipinski definition) is 3. The van der Waals surface area contributed by atoms with E-state index in [0.717, 1.165) is 6.42 Å². The summed E-state index contributed by atoms with van der Waals surface area (Å²) in [6, 6.07) is 6.10. The van der Waals surface area contributed by atoms with Crippen LogP contribution in [0.15, 0.2) is 24.3 Å². The molecule has 0 aliphatic rings. The van der Waals surface area contributed by atoms with Crippen LogP contribution in [0.5, 0.6) is 0 Å². The number of carbonyl (C=O) groups is 1. The number of rotatable bonds is 6. The van der Waals surface area contributed by atoms with Crippen LogP contribution in [0.25, 0.3) is 0 Å². The van der Waals surface area contributed by atoms with Gasteiger partial charge in [0, 0.05) is 11.3 Å². The molecule has 94 valence electrons. The molecule has 4 nitrogen and oxygen atoms in total. The Balaban J connectivity index is 2.81. The topological polar surface area (TPSA) is 63.2 Å². The van der Waals surface area contributed by atoms with Gasteiger partial charge in [0.2, 0.25) is 10.0 Å². The summed E-state index contributed by atoms with van der Waals surface area (Å²) < 4.78 is 25.6. The molecule has 0 aliphatic carbocycles. The van der Waals surface area contributed by atoms with Crippen molar-refractivity contribution >= 4 is 32.6 Å². The Morgan fingerprint density at radius 2 is 2.12 bits per heavy atom. The molecule has 0 bridgehead atoms. The molecule has 17 heavy (non-hydrogen) atoms. The molecule has 6 heteroatoms. The van der Waals surface area contributed by atoms with Gasteiger partial charge in [0.15, 0.2) is 0 Å². The first-order valence-electron chi connectivity index (χ1n) is 5.25. The van der Waals surface area contributed by atoms with Gasteiger partial charge in [0.25, 0.3) is 5.24 Å². The molecule has 1 rings (SSSR count). The molecule has 0 aromatic heterocycles. The second kappa shape index (κ2) is 6.02. The summed E-state index contributed by atoms with van der Waals surface area (Å²) in [5.74, 6) is 0.0720. The Bertz CT molecular complexity index is 499. The van der Waals surface area contributed by atoms with Crippen molar-refractivity contribution in [2.75, 3.05) is 10.5 Å². The highest BCUT2D eigenvalue weighted by Gasteiger charge is 2.10. The SMILES string of the molecule is CCCCS(=O)(=O)Nc1cccc(C(=O)Cl)c1. The predicted octanol–water partition coefficient (Wildman–Crippen LogP) is 2.61. The molecule has 0 saturated heterocycles. The number of nitrogens with one attached hydrogen (secondary N) is 1. The molecular formula is C11H14ClNO3S.